The van der Waals surface area contributed by atoms with Crippen molar-refractivity contribution in [3.8, 4) is 0 Å². The third-order valence-electron chi connectivity index (χ3n) is 4.01. The normalized spacial score (nSPS) is 12.8. The van der Waals surface area contributed by atoms with Crippen LogP contribution < -0.4 is 5.32 Å². The maximum atomic E-state index is 12.3. The Kier molecular flexibility index (Phi) is 6.33. The van der Waals surface area contributed by atoms with Gasteiger partial charge in [0.1, 0.15) is 0 Å². The van der Waals surface area contributed by atoms with Crippen molar-refractivity contribution in [1.82, 2.24) is 9.62 Å². The van der Waals surface area contributed by atoms with E-state index in [9.17, 15) is 13.2 Å². The highest BCUT2D eigenvalue weighted by molar-refractivity contribution is 7.88. The molecule has 1 unspecified atom stereocenters. The van der Waals surface area contributed by atoms with Crippen LogP contribution in [0.5, 0.6) is 0 Å². The van der Waals surface area contributed by atoms with E-state index < -0.39 is 16.1 Å². The molecule has 1 amide bonds. The van der Waals surface area contributed by atoms with Crippen molar-refractivity contribution in [2.24, 2.45) is 0 Å². The fourth-order valence-electron chi connectivity index (χ4n) is 2.66. The van der Waals surface area contributed by atoms with E-state index >= 15 is 0 Å². The predicted octanol–water partition coefficient (Wildman–Crippen LogP) is 2.63. The zero-order valence-corrected chi connectivity index (χ0v) is 15.6. The van der Waals surface area contributed by atoms with Crippen molar-refractivity contribution in [2.75, 3.05) is 12.8 Å². The average molecular weight is 360 g/mol. The second-order valence-electron chi connectivity index (χ2n) is 6.16. The maximum Gasteiger partial charge on any atom is 0.235 e. The van der Waals surface area contributed by atoms with Gasteiger partial charge in [0.2, 0.25) is 15.9 Å². The van der Waals surface area contributed by atoms with Gasteiger partial charge in [-0.15, -0.1) is 0 Å². The molecule has 1 N–H and O–H groups in total. The Morgan fingerprint density at radius 1 is 1.12 bits per heavy atom. The van der Waals surface area contributed by atoms with E-state index in [1.807, 2.05) is 61.5 Å². The first-order valence-electron chi connectivity index (χ1n) is 8.11. The molecule has 0 spiro atoms. The number of sulfonamides is 1. The highest BCUT2D eigenvalue weighted by atomic mass is 32.2. The van der Waals surface area contributed by atoms with Crippen LogP contribution in [0.3, 0.4) is 0 Å². The smallest absolute Gasteiger partial charge is 0.235 e. The Bertz CT molecular complexity index is 820. The van der Waals surface area contributed by atoms with E-state index in [-0.39, 0.29) is 12.5 Å². The van der Waals surface area contributed by atoms with Crippen LogP contribution in [0.25, 0.3) is 0 Å². The van der Waals surface area contributed by atoms with E-state index in [4.69, 9.17) is 0 Å². The molecular formula is C19H24N2O3S. The summed E-state index contributed by atoms with van der Waals surface area (Å²) in [6.07, 6.45) is 1.13. The predicted molar refractivity (Wildman–Crippen MR) is 99.4 cm³/mol. The van der Waals surface area contributed by atoms with Crippen molar-refractivity contribution >= 4 is 15.9 Å². The van der Waals surface area contributed by atoms with Crippen LogP contribution in [0, 0.1) is 6.92 Å². The Hall–Kier alpha value is -2.18. The molecule has 0 fully saturated rings. The maximum absolute atomic E-state index is 12.3. The molecule has 0 radical (unpaired) electrons. The van der Waals surface area contributed by atoms with Gasteiger partial charge in [-0.05, 0) is 25.0 Å². The van der Waals surface area contributed by atoms with Crippen LogP contribution in [0.4, 0.5) is 0 Å². The Morgan fingerprint density at radius 2 is 1.80 bits per heavy atom. The van der Waals surface area contributed by atoms with Gasteiger partial charge >= 0.3 is 0 Å². The second-order valence-corrected chi connectivity index (χ2v) is 8.10. The fourth-order valence-corrected chi connectivity index (χ4v) is 3.71. The fraction of sp³-hybridized carbons (Fsp3) is 0.316. The molecule has 0 saturated heterocycles. The van der Waals surface area contributed by atoms with Crippen LogP contribution in [0.2, 0.25) is 0 Å². The van der Waals surface area contributed by atoms with Gasteiger partial charge in [0.15, 0.2) is 0 Å². The topological polar surface area (TPSA) is 66.5 Å². The number of carbonyl (C=O) groups excluding carboxylic acids is 1. The van der Waals surface area contributed by atoms with E-state index in [2.05, 4.69) is 5.32 Å². The molecule has 0 aliphatic carbocycles. The monoisotopic (exact) mass is 360 g/mol. The lowest BCUT2D eigenvalue weighted by Crippen LogP contribution is -2.41. The number of carbonyl (C=O) groups is 1. The number of aryl methyl sites for hydroxylation is 1. The molecule has 5 nitrogen and oxygen atoms in total. The number of hydrogen-bond donors (Lipinski definition) is 1. The lowest BCUT2D eigenvalue weighted by molar-refractivity contribution is -0.121. The SMILES string of the molecule is Cc1cccc(CNC(=O)CN(C(C)c2ccccc2)S(C)(=O)=O)c1. The van der Waals surface area contributed by atoms with Crippen molar-refractivity contribution in [3.05, 3.63) is 71.3 Å². The number of amides is 1. The zero-order valence-electron chi connectivity index (χ0n) is 14.8. The summed E-state index contributed by atoms with van der Waals surface area (Å²) in [5, 5.41) is 2.79. The quantitative estimate of drug-likeness (QED) is 0.825. The largest absolute Gasteiger partial charge is 0.351 e. The minimum absolute atomic E-state index is 0.208. The van der Waals surface area contributed by atoms with E-state index in [0.717, 1.165) is 22.9 Å². The number of benzene rings is 2. The molecular weight excluding hydrogens is 336 g/mol. The third kappa shape index (κ3) is 5.69. The second kappa shape index (κ2) is 8.27. The summed E-state index contributed by atoms with van der Waals surface area (Å²) in [4.78, 5) is 12.3. The molecule has 2 aromatic rings. The van der Waals surface area contributed by atoms with Gasteiger partial charge in [0, 0.05) is 12.6 Å². The van der Waals surface area contributed by atoms with Gasteiger partial charge in [-0.2, -0.15) is 4.31 Å². The molecule has 6 heteroatoms. The molecule has 134 valence electrons. The van der Waals surface area contributed by atoms with Gasteiger partial charge < -0.3 is 5.32 Å². The number of rotatable bonds is 7. The summed E-state index contributed by atoms with van der Waals surface area (Å²) in [5.41, 5.74) is 2.94. The summed E-state index contributed by atoms with van der Waals surface area (Å²) in [6, 6.07) is 16.7. The summed E-state index contributed by atoms with van der Waals surface area (Å²) in [5.74, 6) is -0.324. The molecule has 0 saturated carbocycles. The molecule has 2 aromatic carbocycles. The van der Waals surface area contributed by atoms with Gasteiger partial charge in [0.25, 0.3) is 0 Å². The van der Waals surface area contributed by atoms with Crippen molar-refractivity contribution in [1.29, 1.82) is 0 Å². The summed E-state index contributed by atoms with van der Waals surface area (Å²) in [6.45, 7) is 3.93. The van der Waals surface area contributed by atoms with E-state index in [0.29, 0.717) is 6.54 Å². The number of nitrogens with one attached hydrogen (secondary N) is 1. The summed E-state index contributed by atoms with van der Waals surface area (Å²) in [7, 11) is -3.52. The highest BCUT2D eigenvalue weighted by Gasteiger charge is 2.26. The number of nitrogens with zero attached hydrogens (tertiary/aromatic N) is 1. The first-order chi connectivity index (χ1) is 11.8. The molecule has 0 heterocycles. The van der Waals surface area contributed by atoms with Gasteiger partial charge in [-0.3, -0.25) is 4.79 Å². The van der Waals surface area contributed by atoms with Crippen molar-refractivity contribution in [2.45, 2.75) is 26.4 Å². The minimum atomic E-state index is -3.52. The Labute approximate surface area is 149 Å². The Balaban J connectivity index is 2.05. The first kappa shape index (κ1) is 19.1. The molecule has 0 bridgehead atoms. The van der Waals surface area contributed by atoms with Gasteiger partial charge in [-0.1, -0.05) is 60.2 Å². The van der Waals surface area contributed by atoms with Crippen LogP contribution >= 0.6 is 0 Å². The molecule has 25 heavy (non-hydrogen) atoms. The molecule has 0 aliphatic rings. The highest BCUT2D eigenvalue weighted by Crippen LogP contribution is 2.22. The van der Waals surface area contributed by atoms with Crippen LogP contribution in [0.15, 0.2) is 54.6 Å². The van der Waals surface area contributed by atoms with Crippen molar-refractivity contribution in [3.63, 3.8) is 0 Å². The molecule has 1 atom stereocenters. The van der Waals surface area contributed by atoms with E-state index in [1.54, 1.807) is 6.92 Å². The van der Waals surface area contributed by atoms with Gasteiger partial charge in [0.05, 0.1) is 12.8 Å². The average Bonchev–Trinajstić information content (AvgIpc) is 2.57. The van der Waals surface area contributed by atoms with Crippen LogP contribution in [0.1, 0.15) is 29.7 Å². The lowest BCUT2D eigenvalue weighted by atomic mass is 10.1. The molecule has 0 aromatic heterocycles. The van der Waals surface area contributed by atoms with Crippen molar-refractivity contribution < 1.29 is 13.2 Å². The standard InChI is InChI=1S/C19H24N2O3S/c1-15-8-7-9-17(12-15)13-20-19(22)14-21(25(3,23)24)16(2)18-10-5-4-6-11-18/h4-12,16H,13-14H2,1-3H3,(H,20,22). The Morgan fingerprint density at radius 3 is 2.40 bits per heavy atom. The van der Waals surface area contributed by atoms with Crippen LogP contribution in [-0.4, -0.2) is 31.4 Å². The summed E-state index contributed by atoms with van der Waals surface area (Å²) < 4.78 is 25.5. The van der Waals surface area contributed by atoms with E-state index in [1.165, 1.54) is 4.31 Å². The summed E-state index contributed by atoms with van der Waals surface area (Å²) >= 11 is 0. The zero-order chi connectivity index (χ0) is 18.4. The van der Waals surface area contributed by atoms with Gasteiger partial charge in [-0.25, -0.2) is 8.42 Å². The third-order valence-corrected chi connectivity index (χ3v) is 5.31. The minimum Gasteiger partial charge on any atom is -0.351 e. The first-order valence-corrected chi connectivity index (χ1v) is 9.96. The molecule has 0 aliphatic heterocycles. The lowest BCUT2D eigenvalue weighted by Gasteiger charge is -2.26. The molecule has 2 rings (SSSR count). The number of hydrogen-bond acceptors (Lipinski definition) is 3. The van der Waals surface area contributed by atoms with Crippen LogP contribution in [-0.2, 0) is 21.4 Å².